The molecule has 2 aliphatic rings. The van der Waals surface area contributed by atoms with Gasteiger partial charge in [0.2, 0.25) is 5.91 Å². The molecule has 4 nitrogen and oxygen atoms in total. The second-order valence-electron chi connectivity index (χ2n) is 7.52. The molecular weight excluding hydrogens is 364 g/mol. The van der Waals surface area contributed by atoms with Crippen molar-refractivity contribution in [2.75, 3.05) is 19.8 Å². The molecule has 1 aliphatic carbocycles. The molecule has 0 spiro atoms. The highest BCUT2D eigenvalue weighted by Crippen LogP contribution is 2.42. The van der Waals surface area contributed by atoms with E-state index in [-0.39, 0.29) is 24.4 Å². The first-order valence-electron chi connectivity index (χ1n) is 9.67. The van der Waals surface area contributed by atoms with Crippen molar-refractivity contribution in [2.45, 2.75) is 37.5 Å². The molecule has 148 valence electrons. The van der Waals surface area contributed by atoms with Gasteiger partial charge >= 0.3 is 0 Å². The molecule has 28 heavy (non-hydrogen) atoms. The molecule has 2 aromatic rings. The van der Waals surface area contributed by atoms with Crippen molar-refractivity contribution in [3.63, 3.8) is 0 Å². The van der Waals surface area contributed by atoms with Crippen LogP contribution in [0, 0.1) is 11.6 Å². The Morgan fingerprint density at radius 2 is 1.68 bits per heavy atom. The van der Waals surface area contributed by atoms with Crippen LogP contribution in [0.25, 0.3) is 0 Å². The number of fused-ring (bicyclic) bond motifs is 1. The number of benzene rings is 2. The Kier molecular flexibility index (Phi) is 5.20. The molecule has 1 amide bonds. The fraction of sp³-hybridized carbons (Fsp3) is 0.409. The van der Waals surface area contributed by atoms with Gasteiger partial charge in [-0.1, -0.05) is 25.0 Å². The van der Waals surface area contributed by atoms with Gasteiger partial charge in [-0.3, -0.25) is 4.79 Å². The molecule has 0 unspecified atom stereocenters. The predicted octanol–water partition coefficient (Wildman–Crippen LogP) is 3.91. The van der Waals surface area contributed by atoms with Crippen LogP contribution in [0.5, 0.6) is 11.5 Å². The summed E-state index contributed by atoms with van der Waals surface area (Å²) in [5.41, 5.74) is 0.226. The zero-order chi connectivity index (χ0) is 19.6. The molecule has 1 fully saturated rings. The number of amides is 1. The molecule has 0 radical (unpaired) electrons. The van der Waals surface area contributed by atoms with Gasteiger partial charge in [0.15, 0.2) is 11.5 Å². The molecule has 0 aromatic heterocycles. The van der Waals surface area contributed by atoms with Crippen molar-refractivity contribution in [1.82, 2.24) is 5.32 Å². The zero-order valence-corrected chi connectivity index (χ0v) is 15.6. The van der Waals surface area contributed by atoms with Crippen LogP contribution in [0.4, 0.5) is 8.78 Å². The average Bonchev–Trinajstić information content (AvgIpc) is 3.16. The molecule has 2 aromatic carbocycles. The predicted molar refractivity (Wildman–Crippen MR) is 101 cm³/mol. The number of nitrogens with one attached hydrogen (secondary N) is 1. The van der Waals surface area contributed by atoms with E-state index < -0.39 is 17.0 Å². The van der Waals surface area contributed by atoms with E-state index in [2.05, 4.69) is 5.32 Å². The lowest BCUT2D eigenvalue weighted by Gasteiger charge is -2.30. The summed E-state index contributed by atoms with van der Waals surface area (Å²) in [6.45, 7) is 1.23. The van der Waals surface area contributed by atoms with Crippen LogP contribution < -0.4 is 14.8 Å². The molecule has 1 saturated carbocycles. The van der Waals surface area contributed by atoms with Gasteiger partial charge in [-0.05, 0) is 42.7 Å². The van der Waals surface area contributed by atoms with Crippen LogP contribution in [0.1, 0.15) is 36.8 Å². The van der Waals surface area contributed by atoms with Gasteiger partial charge in [-0.15, -0.1) is 0 Å². The quantitative estimate of drug-likeness (QED) is 0.846. The van der Waals surface area contributed by atoms with Crippen molar-refractivity contribution >= 4 is 5.91 Å². The first kappa shape index (κ1) is 18.7. The minimum atomic E-state index is -0.683. The number of carbonyl (C=O) groups excluding carboxylic acids is 1. The van der Waals surface area contributed by atoms with Gasteiger partial charge in [-0.2, -0.15) is 0 Å². The Labute approximate surface area is 162 Å². The van der Waals surface area contributed by atoms with E-state index in [9.17, 15) is 13.6 Å². The third-order valence-corrected chi connectivity index (χ3v) is 5.65. The van der Waals surface area contributed by atoms with Gasteiger partial charge < -0.3 is 14.8 Å². The van der Waals surface area contributed by atoms with Crippen LogP contribution in [0.3, 0.4) is 0 Å². The smallest absolute Gasteiger partial charge is 0.224 e. The summed E-state index contributed by atoms with van der Waals surface area (Å²) in [5, 5.41) is 2.90. The van der Waals surface area contributed by atoms with Crippen molar-refractivity contribution in [1.29, 1.82) is 0 Å². The molecule has 0 atom stereocenters. The summed E-state index contributed by atoms with van der Waals surface area (Å²) in [7, 11) is 0. The minimum Gasteiger partial charge on any atom is -0.486 e. The SMILES string of the molecule is O=C(Cc1ccc2c(c1)OCCO2)NCC1(c2c(F)cccc2F)CCCC1. The van der Waals surface area contributed by atoms with Crippen molar-refractivity contribution in [3.8, 4) is 11.5 Å². The zero-order valence-electron chi connectivity index (χ0n) is 15.6. The summed E-state index contributed by atoms with van der Waals surface area (Å²) in [4.78, 5) is 12.5. The Balaban J connectivity index is 1.46. The third-order valence-electron chi connectivity index (χ3n) is 5.65. The maximum atomic E-state index is 14.4. The fourth-order valence-electron chi connectivity index (χ4n) is 4.28. The summed E-state index contributed by atoms with van der Waals surface area (Å²) < 4.78 is 39.8. The second-order valence-corrected chi connectivity index (χ2v) is 7.52. The van der Waals surface area contributed by atoms with E-state index in [1.54, 1.807) is 12.1 Å². The largest absolute Gasteiger partial charge is 0.486 e. The maximum absolute atomic E-state index is 14.4. The van der Waals surface area contributed by atoms with E-state index >= 15 is 0 Å². The first-order chi connectivity index (χ1) is 13.6. The molecule has 1 N–H and O–H groups in total. The van der Waals surface area contributed by atoms with Crippen molar-refractivity contribution < 1.29 is 23.0 Å². The number of hydrogen-bond acceptors (Lipinski definition) is 3. The summed E-state index contributed by atoms with van der Waals surface area (Å²) in [6, 6.07) is 9.37. The highest BCUT2D eigenvalue weighted by molar-refractivity contribution is 5.79. The lowest BCUT2D eigenvalue weighted by Crippen LogP contribution is -2.40. The van der Waals surface area contributed by atoms with Crippen LogP contribution in [0.2, 0.25) is 0 Å². The van der Waals surface area contributed by atoms with Gasteiger partial charge in [0.1, 0.15) is 24.8 Å². The summed E-state index contributed by atoms with van der Waals surface area (Å²) in [5.74, 6) is 0.0539. The van der Waals surface area contributed by atoms with Gasteiger partial charge in [-0.25, -0.2) is 8.78 Å². The summed E-state index contributed by atoms with van der Waals surface area (Å²) in [6.07, 6.45) is 3.29. The van der Waals surface area contributed by atoms with E-state index in [0.717, 1.165) is 18.4 Å². The van der Waals surface area contributed by atoms with Gasteiger partial charge in [0.05, 0.1) is 6.42 Å². The number of hydrogen-bond donors (Lipinski definition) is 1. The Bertz CT molecular complexity index is 858. The number of carbonyl (C=O) groups is 1. The molecule has 0 saturated heterocycles. The Hall–Kier alpha value is -2.63. The van der Waals surface area contributed by atoms with Crippen molar-refractivity contribution in [3.05, 3.63) is 59.2 Å². The lowest BCUT2D eigenvalue weighted by atomic mass is 9.78. The van der Waals surface area contributed by atoms with E-state index in [0.29, 0.717) is 37.6 Å². The molecular formula is C22H23F2NO3. The van der Waals surface area contributed by atoms with Gasteiger partial charge in [0.25, 0.3) is 0 Å². The number of ether oxygens (including phenoxy) is 2. The lowest BCUT2D eigenvalue weighted by molar-refractivity contribution is -0.120. The van der Waals surface area contributed by atoms with E-state index in [1.165, 1.54) is 18.2 Å². The second kappa shape index (κ2) is 7.78. The van der Waals surface area contributed by atoms with Crippen LogP contribution >= 0.6 is 0 Å². The van der Waals surface area contributed by atoms with Crippen LogP contribution in [0.15, 0.2) is 36.4 Å². The maximum Gasteiger partial charge on any atom is 0.224 e. The number of rotatable bonds is 5. The monoisotopic (exact) mass is 387 g/mol. The highest BCUT2D eigenvalue weighted by atomic mass is 19.1. The van der Waals surface area contributed by atoms with Gasteiger partial charge in [0, 0.05) is 17.5 Å². The topological polar surface area (TPSA) is 47.6 Å². The standard InChI is InChI=1S/C22H23F2NO3/c23-16-4-3-5-17(24)21(16)22(8-1-2-9-22)14-25-20(26)13-15-6-7-18-19(12-15)28-11-10-27-18/h3-7,12H,1-2,8-11,13-14H2,(H,25,26). The highest BCUT2D eigenvalue weighted by Gasteiger charge is 2.40. The van der Waals surface area contributed by atoms with E-state index in [4.69, 9.17) is 9.47 Å². The third kappa shape index (κ3) is 3.68. The first-order valence-corrected chi connectivity index (χ1v) is 9.67. The van der Waals surface area contributed by atoms with Crippen LogP contribution in [-0.2, 0) is 16.6 Å². The number of halogens is 2. The molecule has 0 bridgehead atoms. The molecule has 4 rings (SSSR count). The van der Waals surface area contributed by atoms with Crippen molar-refractivity contribution in [2.24, 2.45) is 0 Å². The molecule has 1 heterocycles. The van der Waals surface area contributed by atoms with Crippen LogP contribution in [-0.4, -0.2) is 25.7 Å². The fourth-order valence-corrected chi connectivity index (χ4v) is 4.28. The normalized spacial score (nSPS) is 17.4. The Morgan fingerprint density at radius 3 is 2.39 bits per heavy atom. The average molecular weight is 387 g/mol. The summed E-state index contributed by atoms with van der Waals surface area (Å²) >= 11 is 0. The Morgan fingerprint density at radius 1 is 1.00 bits per heavy atom. The molecule has 1 aliphatic heterocycles. The molecule has 6 heteroatoms. The van der Waals surface area contributed by atoms with E-state index in [1.807, 2.05) is 6.07 Å². The minimum absolute atomic E-state index is 0.104.